The zero-order chi connectivity index (χ0) is 24.4. The van der Waals surface area contributed by atoms with E-state index in [1.165, 1.54) is 37.6 Å². The summed E-state index contributed by atoms with van der Waals surface area (Å²) < 4.78 is 5.09. The molecule has 5 N–H and O–H groups in total. The van der Waals surface area contributed by atoms with Crippen LogP contribution in [0.3, 0.4) is 0 Å². The molecule has 0 atom stereocenters. The highest BCUT2D eigenvalue weighted by Crippen LogP contribution is 2.28. The molecule has 9 heteroatoms. The Kier molecular flexibility index (Phi) is 8.84. The summed E-state index contributed by atoms with van der Waals surface area (Å²) in [6.07, 6.45) is 9.60. The summed E-state index contributed by atoms with van der Waals surface area (Å²) in [6, 6.07) is 9.14. The Balaban J connectivity index is 0.00000122. The van der Waals surface area contributed by atoms with Gasteiger partial charge in [-0.1, -0.05) is 30.4 Å². The summed E-state index contributed by atoms with van der Waals surface area (Å²) in [4.78, 5) is 12.1. The molecule has 0 bridgehead atoms. The molecule has 1 aliphatic carbocycles. The predicted octanol–water partition coefficient (Wildman–Crippen LogP) is 3.74. The van der Waals surface area contributed by atoms with E-state index in [4.69, 9.17) is 9.94 Å². The normalized spacial score (nSPS) is 13.9. The van der Waals surface area contributed by atoms with Gasteiger partial charge in [-0.15, -0.1) is 5.16 Å². The van der Waals surface area contributed by atoms with Crippen LogP contribution in [0.1, 0.15) is 11.1 Å². The number of carbonyl (C=O) groups is 1. The molecule has 0 unspecified atom stereocenters. The lowest BCUT2D eigenvalue weighted by Gasteiger charge is -2.15. The van der Waals surface area contributed by atoms with Gasteiger partial charge in [-0.2, -0.15) is 0 Å². The van der Waals surface area contributed by atoms with Crippen molar-refractivity contribution in [1.29, 1.82) is 0 Å². The van der Waals surface area contributed by atoms with E-state index < -0.39 is 0 Å². The number of allylic oxidation sites excluding steroid dienone is 6. The number of phenolic OH excluding ortho intramolecular Hbond substituents is 3. The summed E-state index contributed by atoms with van der Waals surface area (Å²) in [7, 11) is 1.47. The summed E-state index contributed by atoms with van der Waals surface area (Å²) in [6.45, 7) is 2.68. The maximum absolute atomic E-state index is 12.1. The molecule has 9 nitrogen and oxygen atoms in total. The molecule has 2 aromatic rings. The van der Waals surface area contributed by atoms with Crippen LogP contribution in [0.25, 0.3) is 6.08 Å². The van der Waals surface area contributed by atoms with Gasteiger partial charge in [0.15, 0.2) is 28.8 Å². The van der Waals surface area contributed by atoms with E-state index in [1.54, 1.807) is 36.4 Å². The number of nitrogens with zero attached hydrogens (tertiary/aromatic N) is 2. The summed E-state index contributed by atoms with van der Waals surface area (Å²) in [5.41, 5.74) is 2.38. The van der Waals surface area contributed by atoms with Crippen molar-refractivity contribution in [2.75, 3.05) is 7.11 Å². The molecule has 33 heavy (non-hydrogen) atoms. The SMILES string of the molecule is C=NO.COc1cc(C=CC2=CC(=CN(O)Cc3ccc(O)c(O)c3)C(=O)C=C2)ccc1O. The molecule has 172 valence electrons. The van der Waals surface area contributed by atoms with Crippen LogP contribution in [-0.2, 0) is 11.3 Å². The van der Waals surface area contributed by atoms with Gasteiger partial charge in [-0.3, -0.25) is 15.1 Å². The number of methoxy groups -OCH3 is 1. The third kappa shape index (κ3) is 7.30. The Bertz CT molecular complexity index is 1130. The minimum atomic E-state index is -0.289. The first-order valence-corrected chi connectivity index (χ1v) is 9.54. The molecule has 0 heterocycles. The number of benzene rings is 2. The Labute approximate surface area is 190 Å². The first kappa shape index (κ1) is 24.8. The van der Waals surface area contributed by atoms with Gasteiger partial charge in [0.25, 0.3) is 0 Å². The van der Waals surface area contributed by atoms with Crippen LogP contribution in [0.4, 0.5) is 0 Å². The minimum absolute atomic E-state index is 0.0145. The number of hydrogen-bond donors (Lipinski definition) is 5. The number of phenols is 3. The van der Waals surface area contributed by atoms with E-state index in [1.807, 2.05) is 6.08 Å². The van der Waals surface area contributed by atoms with Crippen LogP contribution in [0.5, 0.6) is 23.0 Å². The molecular weight excluding hydrogens is 428 g/mol. The first-order chi connectivity index (χ1) is 15.8. The number of aromatic hydroxyl groups is 3. The topological polar surface area (TPSA) is 143 Å². The third-order valence-electron chi connectivity index (χ3n) is 4.38. The van der Waals surface area contributed by atoms with Gasteiger partial charge >= 0.3 is 0 Å². The fourth-order valence-corrected chi connectivity index (χ4v) is 2.82. The van der Waals surface area contributed by atoms with Crippen molar-refractivity contribution in [2.45, 2.75) is 6.54 Å². The third-order valence-corrected chi connectivity index (χ3v) is 4.38. The highest BCUT2D eigenvalue weighted by molar-refractivity contribution is 6.08. The first-order valence-electron chi connectivity index (χ1n) is 9.54. The van der Waals surface area contributed by atoms with Crippen molar-refractivity contribution >= 4 is 18.6 Å². The van der Waals surface area contributed by atoms with E-state index >= 15 is 0 Å². The smallest absolute Gasteiger partial charge is 0.187 e. The van der Waals surface area contributed by atoms with Crippen molar-refractivity contribution in [1.82, 2.24) is 5.06 Å². The Hall–Kier alpha value is -4.50. The fourth-order valence-electron chi connectivity index (χ4n) is 2.82. The molecule has 1 aliphatic rings. The number of rotatable bonds is 6. The Morgan fingerprint density at radius 3 is 2.39 bits per heavy atom. The molecule has 2 aromatic carbocycles. The van der Waals surface area contributed by atoms with Gasteiger partial charge in [0.05, 0.1) is 13.7 Å². The molecule has 0 spiro atoms. The van der Waals surface area contributed by atoms with Crippen LogP contribution in [0.2, 0.25) is 0 Å². The molecule has 0 saturated heterocycles. The van der Waals surface area contributed by atoms with Crippen LogP contribution < -0.4 is 4.74 Å². The summed E-state index contributed by atoms with van der Waals surface area (Å²) in [5, 5.41) is 48.9. The largest absolute Gasteiger partial charge is 0.504 e. The fraction of sp³-hybridized carbons (Fsp3) is 0.0833. The molecule has 3 rings (SSSR count). The highest BCUT2D eigenvalue weighted by Gasteiger charge is 2.11. The standard InChI is InChI=1S/C23H21NO6.CH3NO/c1-30-23-12-16(5-9-21(23)27)3-2-15-4-7-19(25)18(10-15)14-24(29)13-17-6-8-20(26)22(28)11-17;1-2-3/h2-12,14,26-29H,13H2,1H3;3H,1H2. The van der Waals surface area contributed by atoms with Crippen LogP contribution in [0, 0.1) is 0 Å². The monoisotopic (exact) mass is 452 g/mol. The number of hydroxylamine groups is 2. The molecular formula is C24H24N2O7. The molecule has 0 radical (unpaired) electrons. The number of ether oxygens (including phenoxy) is 1. The molecule has 0 aliphatic heterocycles. The Morgan fingerprint density at radius 2 is 1.73 bits per heavy atom. The zero-order valence-electron chi connectivity index (χ0n) is 17.8. The van der Waals surface area contributed by atoms with Gasteiger partial charge in [0, 0.05) is 18.5 Å². The average Bonchev–Trinajstić information content (AvgIpc) is 2.78. The van der Waals surface area contributed by atoms with Crippen molar-refractivity contribution < 1.29 is 35.3 Å². The number of carbonyl (C=O) groups excluding carboxylic acids is 1. The van der Waals surface area contributed by atoms with E-state index in [9.17, 15) is 25.3 Å². The van der Waals surface area contributed by atoms with Gasteiger partial charge in [0.2, 0.25) is 0 Å². The van der Waals surface area contributed by atoms with Crippen molar-refractivity contribution in [3.8, 4) is 23.0 Å². The second-order valence-corrected chi connectivity index (χ2v) is 6.75. The van der Waals surface area contributed by atoms with Crippen molar-refractivity contribution in [2.24, 2.45) is 5.16 Å². The predicted molar refractivity (Wildman–Crippen MR) is 122 cm³/mol. The molecule has 0 saturated carbocycles. The van der Waals surface area contributed by atoms with Gasteiger partial charge in [-0.25, -0.2) is 0 Å². The van der Waals surface area contributed by atoms with Gasteiger partial charge in [0.1, 0.15) is 0 Å². The average molecular weight is 452 g/mol. The second-order valence-electron chi connectivity index (χ2n) is 6.75. The van der Waals surface area contributed by atoms with E-state index in [-0.39, 0.29) is 35.1 Å². The number of oxime groups is 1. The summed E-state index contributed by atoms with van der Waals surface area (Å²) in [5.74, 6) is -0.390. The lowest BCUT2D eigenvalue weighted by Crippen LogP contribution is -2.14. The highest BCUT2D eigenvalue weighted by atomic mass is 16.5. The van der Waals surface area contributed by atoms with Crippen LogP contribution >= 0.6 is 0 Å². The maximum atomic E-state index is 12.1. The van der Waals surface area contributed by atoms with Crippen LogP contribution in [-0.4, -0.2) is 50.4 Å². The van der Waals surface area contributed by atoms with Gasteiger partial charge < -0.3 is 25.3 Å². The van der Waals surface area contributed by atoms with E-state index in [0.717, 1.165) is 16.2 Å². The van der Waals surface area contributed by atoms with E-state index in [2.05, 4.69) is 11.9 Å². The van der Waals surface area contributed by atoms with Crippen LogP contribution in [0.15, 0.2) is 83.2 Å². The Morgan fingerprint density at radius 1 is 1.03 bits per heavy atom. The lowest BCUT2D eigenvalue weighted by atomic mass is 10.0. The lowest BCUT2D eigenvalue weighted by molar-refractivity contribution is -0.111. The van der Waals surface area contributed by atoms with Crippen molar-refractivity contribution in [3.05, 3.63) is 89.2 Å². The number of hydrogen-bond acceptors (Lipinski definition) is 9. The second kappa shape index (κ2) is 11.8. The maximum Gasteiger partial charge on any atom is 0.187 e. The van der Waals surface area contributed by atoms with Gasteiger partial charge in [-0.05, 0) is 53.1 Å². The number of ketones is 1. The van der Waals surface area contributed by atoms with Crippen molar-refractivity contribution in [3.63, 3.8) is 0 Å². The molecule has 0 amide bonds. The van der Waals surface area contributed by atoms with E-state index in [0.29, 0.717) is 11.3 Å². The molecule has 0 aromatic heterocycles. The quantitative estimate of drug-likeness (QED) is 0.147. The zero-order valence-corrected chi connectivity index (χ0v) is 17.8. The molecule has 0 fully saturated rings. The summed E-state index contributed by atoms with van der Waals surface area (Å²) >= 11 is 0. The minimum Gasteiger partial charge on any atom is -0.504 e.